The number of amides is 4. The third kappa shape index (κ3) is 6.25. The second-order valence-electron chi connectivity index (χ2n) is 7.94. The van der Waals surface area contributed by atoms with E-state index in [2.05, 4.69) is 21.2 Å². The minimum atomic E-state index is -0.923. The molecule has 1 fully saturated rings. The number of halogens is 1. The smallest absolute Gasteiger partial charge is 0.336 e. The van der Waals surface area contributed by atoms with E-state index in [1.54, 1.807) is 18.2 Å². The van der Waals surface area contributed by atoms with E-state index >= 15 is 0 Å². The molecular formula is C27H18BrN3O8. The highest BCUT2D eigenvalue weighted by atomic mass is 79.9. The lowest BCUT2D eigenvalue weighted by molar-refractivity contribution is -0.384. The van der Waals surface area contributed by atoms with Crippen molar-refractivity contribution in [2.24, 2.45) is 0 Å². The van der Waals surface area contributed by atoms with Gasteiger partial charge in [-0.2, -0.15) is 0 Å². The van der Waals surface area contributed by atoms with Gasteiger partial charge < -0.3 is 9.47 Å². The van der Waals surface area contributed by atoms with E-state index in [1.807, 2.05) is 0 Å². The molecule has 0 aliphatic carbocycles. The topological polar surface area (TPSA) is 145 Å². The molecule has 0 unspecified atom stereocenters. The Labute approximate surface area is 229 Å². The van der Waals surface area contributed by atoms with Crippen molar-refractivity contribution in [2.75, 3.05) is 12.0 Å². The lowest BCUT2D eigenvalue weighted by Crippen LogP contribution is -2.54. The molecule has 1 saturated heterocycles. The summed E-state index contributed by atoms with van der Waals surface area (Å²) in [5, 5.41) is 12.9. The summed E-state index contributed by atoms with van der Waals surface area (Å²) >= 11 is 3.31. The Morgan fingerprint density at radius 1 is 1.05 bits per heavy atom. The highest BCUT2D eigenvalue weighted by molar-refractivity contribution is 9.10. The zero-order valence-electron chi connectivity index (χ0n) is 20.1. The van der Waals surface area contributed by atoms with Crippen LogP contribution in [0.25, 0.3) is 12.2 Å². The van der Waals surface area contributed by atoms with E-state index in [4.69, 9.17) is 9.47 Å². The highest BCUT2D eigenvalue weighted by Crippen LogP contribution is 2.29. The molecule has 3 aromatic rings. The normalized spacial score (nSPS) is 14.5. The van der Waals surface area contributed by atoms with Gasteiger partial charge in [0, 0.05) is 34.3 Å². The Hall–Kier alpha value is -5.10. The van der Waals surface area contributed by atoms with Crippen LogP contribution in [0.1, 0.15) is 11.1 Å². The number of urea groups is 1. The molecule has 0 aromatic heterocycles. The third-order valence-electron chi connectivity index (χ3n) is 5.41. The number of hydrogen-bond donors (Lipinski definition) is 1. The maximum Gasteiger partial charge on any atom is 0.336 e. The van der Waals surface area contributed by atoms with E-state index in [0.717, 1.165) is 11.0 Å². The van der Waals surface area contributed by atoms with E-state index in [1.165, 1.54) is 67.8 Å². The number of methoxy groups -OCH3 is 1. The van der Waals surface area contributed by atoms with Crippen LogP contribution < -0.4 is 19.7 Å². The van der Waals surface area contributed by atoms with E-state index in [9.17, 15) is 29.3 Å². The van der Waals surface area contributed by atoms with Crippen molar-refractivity contribution in [3.63, 3.8) is 0 Å². The molecule has 39 heavy (non-hydrogen) atoms. The van der Waals surface area contributed by atoms with Gasteiger partial charge in [0.2, 0.25) is 0 Å². The van der Waals surface area contributed by atoms with Crippen LogP contribution in [0.2, 0.25) is 0 Å². The molecule has 4 rings (SSSR count). The number of nitrogens with zero attached hydrogens (tertiary/aromatic N) is 2. The van der Waals surface area contributed by atoms with Crippen molar-refractivity contribution in [3.05, 3.63) is 104 Å². The molecule has 0 saturated carbocycles. The maximum atomic E-state index is 13.3. The maximum absolute atomic E-state index is 13.3. The van der Waals surface area contributed by atoms with Gasteiger partial charge in [0.1, 0.15) is 17.1 Å². The zero-order valence-corrected chi connectivity index (χ0v) is 21.7. The molecule has 0 radical (unpaired) electrons. The van der Waals surface area contributed by atoms with Gasteiger partial charge in [0.15, 0.2) is 0 Å². The van der Waals surface area contributed by atoms with Gasteiger partial charge in [0.25, 0.3) is 17.5 Å². The SMILES string of the molecule is COc1cccc(N2C(=O)NC(=O)/C(=C/c3cc(Br)ccc3OC(=O)/C=C/c3ccc([N+](=O)[O-])cc3)C2=O)c1. The minimum absolute atomic E-state index is 0.0366. The average Bonchev–Trinajstić information content (AvgIpc) is 2.91. The first-order valence-electron chi connectivity index (χ1n) is 11.2. The van der Waals surface area contributed by atoms with Crippen molar-refractivity contribution in [1.29, 1.82) is 0 Å². The fraction of sp³-hybridized carbons (Fsp3) is 0.0370. The Bertz CT molecular complexity index is 1560. The van der Waals surface area contributed by atoms with Crippen LogP contribution in [0.4, 0.5) is 16.2 Å². The predicted octanol–water partition coefficient (Wildman–Crippen LogP) is 4.65. The molecule has 11 nitrogen and oxygen atoms in total. The first kappa shape index (κ1) is 26.9. The lowest BCUT2D eigenvalue weighted by atomic mass is 10.1. The number of nitro benzene ring substituents is 1. The number of imide groups is 2. The van der Waals surface area contributed by atoms with Crippen molar-refractivity contribution < 1.29 is 33.6 Å². The van der Waals surface area contributed by atoms with Gasteiger partial charge >= 0.3 is 12.0 Å². The van der Waals surface area contributed by atoms with E-state index in [0.29, 0.717) is 15.8 Å². The summed E-state index contributed by atoms with van der Waals surface area (Å²) in [6.45, 7) is 0. The summed E-state index contributed by atoms with van der Waals surface area (Å²) in [5.41, 5.74) is 0.472. The summed E-state index contributed by atoms with van der Waals surface area (Å²) in [6, 6.07) is 15.4. The lowest BCUT2D eigenvalue weighted by Gasteiger charge is -2.26. The first-order chi connectivity index (χ1) is 18.7. The molecule has 1 aliphatic heterocycles. The minimum Gasteiger partial charge on any atom is -0.497 e. The molecule has 12 heteroatoms. The van der Waals surface area contributed by atoms with E-state index in [-0.39, 0.29) is 28.3 Å². The number of non-ortho nitro benzene ring substituents is 1. The number of esters is 1. The van der Waals surface area contributed by atoms with Gasteiger partial charge in [-0.3, -0.25) is 25.0 Å². The van der Waals surface area contributed by atoms with Gasteiger partial charge in [-0.05, 0) is 60.2 Å². The number of carbonyl (C=O) groups excluding carboxylic acids is 4. The Balaban J connectivity index is 1.61. The number of nitro groups is 1. The highest BCUT2D eigenvalue weighted by Gasteiger charge is 2.37. The van der Waals surface area contributed by atoms with Crippen molar-refractivity contribution in [1.82, 2.24) is 5.32 Å². The zero-order chi connectivity index (χ0) is 28.1. The van der Waals surface area contributed by atoms with Crippen LogP contribution in [0.3, 0.4) is 0 Å². The number of ether oxygens (including phenoxy) is 2. The van der Waals surface area contributed by atoms with Crippen LogP contribution in [0.5, 0.6) is 11.5 Å². The third-order valence-corrected chi connectivity index (χ3v) is 5.90. The quantitative estimate of drug-likeness (QED) is 0.104. The molecule has 0 atom stereocenters. The first-order valence-corrected chi connectivity index (χ1v) is 11.9. The summed E-state index contributed by atoms with van der Waals surface area (Å²) in [5.74, 6) is -2.14. The Morgan fingerprint density at radius 2 is 1.79 bits per heavy atom. The number of barbiturate groups is 1. The van der Waals surface area contributed by atoms with Gasteiger partial charge in [0.05, 0.1) is 17.7 Å². The molecule has 1 aliphatic rings. The summed E-state index contributed by atoms with van der Waals surface area (Å²) in [7, 11) is 1.43. The van der Waals surface area contributed by atoms with Gasteiger partial charge in [-0.1, -0.05) is 22.0 Å². The van der Waals surface area contributed by atoms with Crippen molar-refractivity contribution >= 4 is 63.3 Å². The predicted molar refractivity (Wildman–Crippen MR) is 144 cm³/mol. The largest absolute Gasteiger partial charge is 0.497 e. The summed E-state index contributed by atoms with van der Waals surface area (Å²) < 4.78 is 11.1. The second kappa shape index (κ2) is 11.5. The number of carbonyl (C=O) groups is 4. The second-order valence-corrected chi connectivity index (χ2v) is 8.86. The Morgan fingerprint density at radius 3 is 2.49 bits per heavy atom. The average molecular weight is 592 g/mol. The monoisotopic (exact) mass is 591 g/mol. The molecule has 3 aromatic carbocycles. The molecule has 196 valence electrons. The number of hydrogen-bond acceptors (Lipinski definition) is 8. The van der Waals surface area contributed by atoms with Crippen molar-refractivity contribution in [3.8, 4) is 11.5 Å². The number of rotatable bonds is 7. The molecule has 0 spiro atoms. The number of nitrogens with one attached hydrogen (secondary N) is 1. The van der Waals surface area contributed by atoms with Crippen LogP contribution in [-0.2, 0) is 14.4 Å². The number of anilines is 1. The summed E-state index contributed by atoms with van der Waals surface area (Å²) in [4.78, 5) is 61.9. The molecular weight excluding hydrogens is 574 g/mol. The molecule has 0 bridgehead atoms. The van der Waals surface area contributed by atoms with Crippen LogP contribution in [-0.4, -0.2) is 35.8 Å². The number of benzene rings is 3. The molecule has 4 amide bonds. The van der Waals surface area contributed by atoms with Crippen molar-refractivity contribution in [2.45, 2.75) is 0 Å². The fourth-order valence-electron chi connectivity index (χ4n) is 3.54. The fourth-order valence-corrected chi connectivity index (χ4v) is 3.91. The van der Waals surface area contributed by atoms with Crippen LogP contribution in [0.15, 0.2) is 82.9 Å². The van der Waals surface area contributed by atoms with Gasteiger partial charge in [-0.25, -0.2) is 14.5 Å². The standard InChI is InChI=1S/C27H18BrN3O8/c1-38-21-4-2-3-20(15-21)30-26(34)22(25(33)29-27(30)35)14-17-13-18(28)8-11-23(17)39-24(32)12-7-16-5-9-19(10-6-16)31(36)37/h2-15H,1H3,(H,29,33,35)/b12-7+,22-14-. The molecule has 1 N–H and O–H groups in total. The van der Waals surface area contributed by atoms with Gasteiger partial charge in [-0.15, -0.1) is 0 Å². The molecule has 1 heterocycles. The Kier molecular flexibility index (Phi) is 7.96. The van der Waals surface area contributed by atoms with Crippen LogP contribution in [0, 0.1) is 10.1 Å². The van der Waals surface area contributed by atoms with Crippen LogP contribution >= 0.6 is 15.9 Å². The summed E-state index contributed by atoms with van der Waals surface area (Å²) in [6.07, 6.45) is 3.76. The van der Waals surface area contributed by atoms with E-state index < -0.39 is 28.7 Å².